The minimum atomic E-state index is 0.719. The molecule has 0 N–H and O–H groups in total. The van der Waals surface area contributed by atoms with E-state index in [0.717, 1.165) is 155 Å². The van der Waals surface area contributed by atoms with Gasteiger partial charge in [0, 0.05) is 60.0 Å². The van der Waals surface area contributed by atoms with Crippen molar-refractivity contribution >= 4 is 111 Å². The first kappa shape index (κ1) is 46.2. The first-order valence-electron chi connectivity index (χ1n) is 27.5. The number of hydrogen-bond donors (Lipinski definition) is 0. The lowest BCUT2D eigenvalue weighted by molar-refractivity contribution is 0.667. The molecule has 16 aromatic rings. The van der Waals surface area contributed by atoms with Crippen molar-refractivity contribution in [2.24, 2.45) is 0 Å². The minimum absolute atomic E-state index is 0.719. The van der Waals surface area contributed by atoms with Crippen LogP contribution in [0.5, 0.6) is 0 Å². The Balaban J connectivity index is 1.06. The van der Waals surface area contributed by atoms with Crippen LogP contribution in [0.1, 0.15) is 0 Å². The highest BCUT2D eigenvalue weighted by Gasteiger charge is 2.33. The molecule has 81 heavy (non-hydrogen) atoms. The molecule has 5 heteroatoms. The number of rotatable bonds is 10. The molecular weight excluding hydrogens is 989 g/mol. The zero-order valence-corrected chi connectivity index (χ0v) is 43.8. The summed E-state index contributed by atoms with van der Waals surface area (Å²) in [5.74, 6) is 0. The molecule has 0 radical (unpaired) electrons. The predicted octanol–water partition coefficient (Wildman–Crippen LogP) is 22.1. The molecule has 0 spiro atoms. The van der Waals surface area contributed by atoms with Crippen molar-refractivity contribution in [2.45, 2.75) is 0 Å². The second-order valence-corrected chi connectivity index (χ2v) is 20.6. The topological polar surface area (TPSA) is 45.9 Å². The van der Waals surface area contributed by atoms with Crippen LogP contribution in [-0.4, -0.2) is 0 Å². The molecule has 0 atom stereocenters. The fourth-order valence-corrected chi connectivity index (χ4v) is 12.5. The molecule has 3 heterocycles. The van der Waals surface area contributed by atoms with E-state index in [0.29, 0.717) is 0 Å². The summed E-state index contributed by atoms with van der Waals surface area (Å²) in [5, 5.41) is 8.05. The normalized spacial score (nSPS) is 11.7. The highest BCUT2D eigenvalue weighted by atomic mass is 16.3. The summed E-state index contributed by atoms with van der Waals surface area (Å²) in [6.07, 6.45) is 0. The number of benzene rings is 13. The first-order valence-corrected chi connectivity index (χ1v) is 27.5. The Morgan fingerprint density at radius 2 is 0.519 bits per heavy atom. The Morgan fingerprint density at radius 1 is 0.198 bits per heavy atom. The summed E-state index contributed by atoms with van der Waals surface area (Å²) in [6.45, 7) is 0. The third kappa shape index (κ3) is 7.40. The van der Waals surface area contributed by atoms with E-state index in [2.05, 4.69) is 301 Å². The lowest BCUT2D eigenvalue weighted by Gasteiger charge is -2.33. The van der Waals surface area contributed by atoms with E-state index in [1.807, 2.05) is 0 Å². The van der Waals surface area contributed by atoms with Crippen LogP contribution in [0, 0.1) is 0 Å². The molecule has 0 saturated heterocycles. The lowest BCUT2D eigenvalue weighted by Crippen LogP contribution is -2.15. The van der Waals surface area contributed by atoms with Crippen LogP contribution in [0.25, 0.3) is 121 Å². The van der Waals surface area contributed by atoms with E-state index in [1.54, 1.807) is 0 Å². The summed E-state index contributed by atoms with van der Waals surface area (Å²) in [6, 6.07) is 103. The number of furan rings is 3. The van der Waals surface area contributed by atoms with Gasteiger partial charge in [0.15, 0.2) is 16.7 Å². The van der Waals surface area contributed by atoms with Crippen LogP contribution in [0.15, 0.2) is 304 Å². The summed E-state index contributed by atoms with van der Waals surface area (Å²) < 4.78 is 22.3. The summed E-state index contributed by atoms with van der Waals surface area (Å²) in [5.41, 5.74) is 18.8. The molecule has 0 amide bonds. The van der Waals surface area contributed by atoms with Crippen molar-refractivity contribution in [3.05, 3.63) is 291 Å². The average Bonchev–Trinajstić information content (AvgIpc) is 4.44. The fraction of sp³-hybridized carbons (Fsp3) is 0. The van der Waals surface area contributed by atoms with Crippen LogP contribution in [0.3, 0.4) is 0 Å². The molecule has 0 aliphatic carbocycles. The van der Waals surface area contributed by atoms with Crippen LogP contribution >= 0.6 is 0 Å². The molecule has 0 bridgehead atoms. The van der Waals surface area contributed by atoms with E-state index in [1.165, 1.54) is 0 Å². The van der Waals surface area contributed by atoms with Gasteiger partial charge in [0.05, 0.1) is 39.5 Å². The van der Waals surface area contributed by atoms with Crippen molar-refractivity contribution < 1.29 is 13.3 Å². The Labute approximate surface area is 467 Å². The Morgan fingerprint density at radius 3 is 1.00 bits per heavy atom. The van der Waals surface area contributed by atoms with Gasteiger partial charge in [-0.2, -0.15) is 0 Å². The Kier molecular flexibility index (Phi) is 10.8. The van der Waals surface area contributed by atoms with Crippen molar-refractivity contribution in [3.8, 4) is 44.5 Å². The summed E-state index contributed by atoms with van der Waals surface area (Å²) in [7, 11) is 0. The lowest BCUT2D eigenvalue weighted by atomic mass is 9.95. The number of para-hydroxylation sites is 7. The summed E-state index contributed by atoms with van der Waals surface area (Å²) >= 11 is 0. The van der Waals surface area contributed by atoms with Gasteiger partial charge in [-0.25, -0.2) is 0 Å². The molecule has 380 valence electrons. The molecule has 3 aromatic heterocycles. The second kappa shape index (κ2) is 18.9. The van der Waals surface area contributed by atoms with Crippen molar-refractivity contribution in [3.63, 3.8) is 0 Å². The Bertz CT molecular complexity index is 5060. The van der Waals surface area contributed by atoms with Gasteiger partial charge >= 0.3 is 0 Å². The number of fused-ring (bicyclic) bond motifs is 10. The highest BCUT2D eigenvalue weighted by molar-refractivity contribution is 6.30. The van der Waals surface area contributed by atoms with Crippen LogP contribution in [0.2, 0.25) is 0 Å². The number of hydrogen-bond acceptors (Lipinski definition) is 5. The van der Waals surface area contributed by atoms with Gasteiger partial charge in [0.25, 0.3) is 0 Å². The maximum Gasteiger partial charge on any atom is 0.162 e. The van der Waals surface area contributed by atoms with E-state index in [9.17, 15) is 0 Å². The quantitative estimate of drug-likeness (QED) is 0.128. The number of nitrogens with zero attached hydrogens (tertiary/aromatic N) is 2. The third-order valence-electron chi connectivity index (χ3n) is 16.0. The molecule has 0 aliphatic heterocycles. The van der Waals surface area contributed by atoms with Crippen molar-refractivity contribution in [1.82, 2.24) is 0 Å². The summed E-state index contributed by atoms with van der Waals surface area (Å²) in [4.78, 5) is 4.85. The third-order valence-corrected chi connectivity index (χ3v) is 16.0. The molecule has 16 rings (SSSR count). The maximum atomic E-state index is 7.56. The van der Waals surface area contributed by atoms with Gasteiger partial charge in [-0.3, -0.25) is 0 Å². The molecular formula is C76H48N2O3. The van der Waals surface area contributed by atoms with Gasteiger partial charge in [0.1, 0.15) is 16.7 Å². The predicted molar refractivity (Wildman–Crippen MR) is 337 cm³/mol. The molecule has 13 aromatic carbocycles. The SMILES string of the molecule is c1ccc(-c2ccccc2N(c2cccc3c2oc2c(-c4ccccc4)cccc23)c2c3ccccc3c(N(c3ccccc3-c3ccccc3)c3cccc4c3oc3c(-c5ccccc5)cccc34)c3c2oc2ccccc23)cc1. The smallest absolute Gasteiger partial charge is 0.162 e. The van der Waals surface area contributed by atoms with Crippen molar-refractivity contribution in [2.75, 3.05) is 9.80 Å². The van der Waals surface area contributed by atoms with E-state index in [4.69, 9.17) is 13.3 Å². The Hall–Kier alpha value is -10.9. The standard InChI is InChI=1S/C76H48N2O3/c1-5-25-49(26-6-1)53-33-15-18-44-64(53)77(66-46-23-42-61-59-40-21-38-55(72(59)80-74(61)66)51-29-9-3-10-30-51)70-57-35-13-14-36-58(57)71(76-69(70)63-37-17-20-48-68(63)79-76)78(65-45-19-16-34-54(65)50-27-7-2-8-28-50)67-47-24-43-62-60-41-22-39-56(73(60)81-75(62)67)52-31-11-4-12-32-52/h1-48H. The monoisotopic (exact) mass is 1040 g/mol. The van der Waals surface area contributed by atoms with Gasteiger partial charge in [0.2, 0.25) is 0 Å². The zero-order valence-electron chi connectivity index (χ0n) is 43.8. The van der Waals surface area contributed by atoms with E-state index in [-0.39, 0.29) is 0 Å². The average molecular weight is 1040 g/mol. The van der Waals surface area contributed by atoms with Gasteiger partial charge in [-0.1, -0.05) is 261 Å². The maximum absolute atomic E-state index is 7.56. The zero-order chi connectivity index (χ0) is 53.4. The minimum Gasteiger partial charge on any atom is -0.454 e. The second-order valence-electron chi connectivity index (χ2n) is 20.6. The first-order chi connectivity index (χ1) is 40.2. The molecule has 0 unspecified atom stereocenters. The van der Waals surface area contributed by atoms with E-state index < -0.39 is 0 Å². The van der Waals surface area contributed by atoms with Crippen LogP contribution in [0.4, 0.5) is 34.1 Å². The molecule has 0 saturated carbocycles. The molecule has 0 fully saturated rings. The molecule has 5 nitrogen and oxygen atoms in total. The fourth-order valence-electron chi connectivity index (χ4n) is 12.5. The number of anilines is 6. The molecule has 0 aliphatic rings. The van der Waals surface area contributed by atoms with E-state index >= 15 is 0 Å². The largest absolute Gasteiger partial charge is 0.454 e. The van der Waals surface area contributed by atoms with Crippen LogP contribution < -0.4 is 9.80 Å². The van der Waals surface area contributed by atoms with Gasteiger partial charge in [-0.05, 0) is 52.6 Å². The van der Waals surface area contributed by atoms with Crippen LogP contribution in [-0.2, 0) is 0 Å². The van der Waals surface area contributed by atoms with Crippen molar-refractivity contribution in [1.29, 1.82) is 0 Å². The highest BCUT2D eigenvalue weighted by Crippen LogP contribution is 2.57. The van der Waals surface area contributed by atoms with Gasteiger partial charge < -0.3 is 23.1 Å². The van der Waals surface area contributed by atoms with Gasteiger partial charge in [-0.15, -0.1) is 0 Å².